The van der Waals surface area contributed by atoms with E-state index in [-0.39, 0.29) is 11.5 Å². The molecule has 0 amide bonds. The zero-order valence-corrected chi connectivity index (χ0v) is 11.7. The van der Waals surface area contributed by atoms with Crippen LogP contribution < -0.4 is 5.32 Å². The molecule has 1 aromatic heterocycles. The third-order valence-electron chi connectivity index (χ3n) is 2.77. The Kier molecular flexibility index (Phi) is 4.10. The Morgan fingerprint density at radius 1 is 1.35 bits per heavy atom. The summed E-state index contributed by atoms with van der Waals surface area (Å²) in [5.41, 5.74) is 1.45. The summed E-state index contributed by atoms with van der Waals surface area (Å²) in [7, 11) is -2.96. The molecule has 2 aromatic rings. The van der Waals surface area contributed by atoms with Gasteiger partial charge in [0.15, 0.2) is 0 Å². The van der Waals surface area contributed by atoms with E-state index in [1.54, 1.807) is 6.07 Å². The number of carboxylic acids is 1. The molecule has 0 bridgehead atoms. The minimum Gasteiger partial charge on any atom is -0.475 e. The van der Waals surface area contributed by atoms with Crippen LogP contribution in [0, 0.1) is 0 Å². The molecule has 7 heteroatoms. The number of aromatic carboxylic acids is 1. The second kappa shape index (κ2) is 5.64. The number of carboxylic acid groups (broad SMARTS) is 1. The van der Waals surface area contributed by atoms with E-state index >= 15 is 0 Å². The van der Waals surface area contributed by atoms with Crippen molar-refractivity contribution in [3.63, 3.8) is 0 Å². The van der Waals surface area contributed by atoms with Crippen LogP contribution in [-0.4, -0.2) is 38.0 Å². The fourth-order valence-corrected chi connectivity index (χ4v) is 2.31. The molecule has 0 spiro atoms. The molecule has 6 nitrogen and oxygen atoms in total. The summed E-state index contributed by atoms with van der Waals surface area (Å²) in [5.74, 6) is -1.11. The zero-order valence-electron chi connectivity index (χ0n) is 10.9. The molecule has 0 saturated carbocycles. The topological polar surface area (TPSA) is 96.6 Å². The molecule has 1 aromatic carbocycles. The van der Waals surface area contributed by atoms with Gasteiger partial charge in [-0.25, -0.2) is 13.2 Å². The summed E-state index contributed by atoms with van der Waals surface area (Å²) >= 11 is 0. The average molecular weight is 297 g/mol. The maximum Gasteiger partial charge on any atom is 0.371 e. The first-order chi connectivity index (χ1) is 9.35. The van der Waals surface area contributed by atoms with Gasteiger partial charge in [-0.3, -0.25) is 0 Å². The van der Waals surface area contributed by atoms with Crippen molar-refractivity contribution in [3.05, 3.63) is 35.6 Å². The fourth-order valence-electron chi connectivity index (χ4n) is 1.80. The first kappa shape index (κ1) is 14.5. The predicted molar refractivity (Wildman–Crippen MR) is 74.6 cm³/mol. The lowest BCUT2D eigenvalue weighted by molar-refractivity contribution is 0.0665. The van der Waals surface area contributed by atoms with Crippen LogP contribution in [0.5, 0.6) is 0 Å². The minimum absolute atomic E-state index is 0.0874. The SMILES string of the molecule is CS(=O)(=O)CCNCc1ccc2oc(C(=O)O)cc2c1. The highest BCUT2D eigenvalue weighted by Crippen LogP contribution is 2.20. The molecule has 20 heavy (non-hydrogen) atoms. The van der Waals surface area contributed by atoms with Crippen LogP contribution in [0.4, 0.5) is 0 Å². The summed E-state index contributed by atoms with van der Waals surface area (Å²) in [6.07, 6.45) is 1.19. The molecular weight excluding hydrogens is 282 g/mol. The van der Waals surface area contributed by atoms with Crippen LogP contribution in [0.3, 0.4) is 0 Å². The monoisotopic (exact) mass is 297 g/mol. The van der Waals surface area contributed by atoms with Gasteiger partial charge in [-0.2, -0.15) is 0 Å². The van der Waals surface area contributed by atoms with E-state index in [0.29, 0.717) is 24.1 Å². The van der Waals surface area contributed by atoms with Gasteiger partial charge in [-0.1, -0.05) is 6.07 Å². The van der Waals surface area contributed by atoms with Crippen molar-refractivity contribution in [3.8, 4) is 0 Å². The van der Waals surface area contributed by atoms with E-state index in [0.717, 1.165) is 5.56 Å². The van der Waals surface area contributed by atoms with E-state index in [9.17, 15) is 13.2 Å². The number of furan rings is 1. The third-order valence-corrected chi connectivity index (χ3v) is 3.72. The summed E-state index contributed by atoms with van der Waals surface area (Å²) in [4.78, 5) is 10.8. The second-order valence-corrected chi connectivity index (χ2v) is 6.85. The Morgan fingerprint density at radius 2 is 2.10 bits per heavy atom. The standard InChI is InChI=1S/C13H15NO5S/c1-20(17,18)5-4-14-8-9-2-3-11-10(6-9)7-12(19-11)13(15)16/h2-3,6-7,14H,4-5,8H2,1H3,(H,15,16). The molecule has 1 heterocycles. The van der Waals surface area contributed by atoms with Crippen LogP contribution in [0.2, 0.25) is 0 Å². The highest BCUT2D eigenvalue weighted by Gasteiger charge is 2.10. The van der Waals surface area contributed by atoms with Crippen LogP contribution >= 0.6 is 0 Å². The van der Waals surface area contributed by atoms with Crippen LogP contribution in [0.25, 0.3) is 11.0 Å². The van der Waals surface area contributed by atoms with Crippen molar-refractivity contribution in [1.82, 2.24) is 5.32 Å². The van der Waals surface area contributed by atoms with Gasteiger partial charge in [-0.15, -0.1) is 0 Å². The Hall–Kier alpha value is -1.86. The summed E-state index contributed by atoms with van der Waals surface area (Å²) in [5, 5.41) is 12.6. The van der Waals surface area contributed by atoms with Gasteiger partial charge in [0.25, 0.3) is 0 Å². The van der Waals surface area contributed by atoms with Crippen LogP contribution in [0.1, 0.15) is 16.1 Å². The lowest BCUT2D eigenvalue weighted by atomic mass is 10.1. The molecule has 0 aliphatic rings. The lowest BCUT2D eigenvalue weighted by Crippen LogP contribution is -2.21. The van der Waals surface area contributed by atoms with Crippen molar-refractivity contribution in [2.75, 3.05) is 18.6 Å². The van der Waals surface area contributed by atoms with Gasteiger partial charge in [0, 0.05) is 24.7 Å². The Bertz CT molecular complexity index is 732. The Labute approximate surface area is 116 Å². The first-order valence-corrected chi connectivity index (χ1v) is 8.05. The van der Waals surface area contributed by atoms with Crippen LogP contribution in [0.15, 0.2) is 28.7 Å². The van der Waals surface area contributed by atoms with E-state index < -0.39 is 15.8 Å². The third kappa shape index (κ3) is 3.82. The largest absolute Gasteiger partial charge is 0.475 e. The van der Waals surface area contributed by atoms with E-state index in [2.05, 4.69) is 5.32 Å². The summed E-state index contributed by atoms with van der Waals surface area (Å²) in [6.45, 7) is 0.891. The molecule has 0 fully saturated rings. The molecule has 0 radical (unpaired) electrons. The van der Waals surface area contributed by atoms with Gasteiger partial charge >= 0.3 is 5.97 Å². The van der Waals surface area contributed by atoms with Gasteiger partial charge in [0.05, 0.1) is 5.75 Å². The molecule has 0 atom stereocenters. The van der Waals surface area contributed by atoms with E-state index in [4.69, 9.17) is 9.52 Å². The number of hydrogen-bond donors (Lipinski definition) is 2. The minimum atomic E-state index is -2.96. The van der Waals surface area contributed by atoms with Gasteiger partial charge in [0.2, 0.25) is 5.76 Å². The van der Waals surface area contributed by atoms with E-state index in [1.807, 2.05) is 12.1 Å². The number of hydrogen-bond acceptors (Lipinski definition) is 5. The molecule has 0 aliphatic heterocycles. The molecule has 0 saturated heterocycles. The molecule has 108 valence electrons. The van der Waals surface area contributed by atoms with Crippen molar-refractivity contribution in [2.24, 2.45) is 0 Å². The fraction of sp³-hybridized carbons (Fsp3) is 0.308. The number of fused-ring (bicyclic) bond motifs is 1. The highest BCUT2D eigenvalue weighted by molar-refractivity contribution is 7.90. The van der Waals surface area contributed by atoms with Crippen molar-refractivity contribution < 1.29 is 22.7 Å². The number of rotatable bonds is 6. The van der Waals surface area contributed by atoms with Crippen molar-refractivity contribution in [2.45, 2.75) is 6.54 Å². The molecule has 2 N–H and O–H groups in total. The molecule has 2 rings (SSSR count). The summed E-state index contributed by atoms with van der Waals surface area (Å²) < 4.78 is 27.1. The van der Waals surface area contributed by atoms with Crippen molar-refractivity contribution in [1.29, 1.82) is 0 Å². The quantitative estimate of drug-likeness (QED) is 0.779. The Morgan fingerprint density at radius 3 is 2.75 bits per heavy atom. The normalized spacial score (nSPS) is 11.8. The first-order valence-electron chi connectivity index (χ1n) is 5.99. The predicted octanol–water partition coefficient (Wildman–Crippen LogP) is 1.27. The highest BCUT2D eigenvalue weighted by atomic mass is 32.2. The van der Waals surface area contributed by atoms with Crippen LogP contribution in [-0.2, 0) is 16.4 Å². The molecular formula is C13H15NO5S. The second-order valence-electron chi connectivity index (χ2n) is 4.59. The van der Waals surface area contributed by atoms with Crippen molar-refractivity contribution >= 4 is 26.8 Å². The molecule has 0 unspecified atom stereocenters. The van der Waals surface area contributed by atoms with Gasteiger partial charge in [0.1, 0.15) is 15.4 Å². The number of carbonyl (C=O) groups is 1. The smallest absolute Gasteiger partial charge is 0.371 e. The average Bonchev–Trinajstić information content (AvgIpc) is 2.76. The maximum absolute atomic E-state index is 11.0. The van der Waals surface area contributed by atoms with E-state index in [1.165, 1.54) is 12.3 Å². The summed E-state index contributed by atoms with van der Waals surface area (Å²) in [6, 6.07) is 6.80. The zero-order chi connectivity index (χ0) is 14.8. The lowest BCUT2D eigenvalue weighted by Gasteiger charge is -2.04. The van der Waals surface area contributed by atoms with Gasteiger partial charge < -0.3 is 14.8 Å². The number of sulfone groups is 1. The number of benzene rings is 1. The van der Waals surface area contributed by atoms with Gasteiger partial charge in [-0.05, 0) is 23.8 Å². The Balaban J connectivity index is 2.02. The maximum atomic E-state index is 11.0. The molecule has 0 aliphatic carbocycles. The number of nitrogens with one attached hydrogen (secondary N) is 1.